The Kier molecular flexibility index (Phi) is 5.33. The first kappa shape index (κ1) is 20.5. The number of benzene rings is 1. The summed E-state index contributed by atoms with van der Waals surface area (Å²) in [6.45, 7) is 4.46. The first-order chi connectivity index (χ1) is 15.6. The lowest BCUT2D eigenvalue weighted by Gasteiger charge is -2.32. The van der Waals surface area contributed by atoms with Gasteiger partial charge in [0.25, 0.3) is 5.91 Å². The number of aromatic nitrogens is 4. The van der Waals surface area contributed by atoms with E-state index in [0.29, 0.717) is 12.2 Å². The number of hydrogen-bond acceptors (Lipinski definition) is 4. The van der Waals surface area contributed by atoms with Crippen molar-refractivity contribution in [1.29, 1.82) is 0 Å². The second-order valence-electron chi connectivity index (χ2n) is 8.62. The van der Waals surface area contributed by atoms with E-state index < -0.39 is 0 Å². The molecular formula is C25H29N5O2. The number of aryl methyl sites for hydroxylation is 2. The lowest BCUT2D eigenvalue weighted by Crippen LogP contribution is -2.40. The molecule has 1 fully saturated rings. The summed E-state index contributed by atoms with van der Waals surface area (Å²) in [4.78, 5) is 20.4. The van der Waals surface area contributed by atoms with Gasteiger partial charge in [0, 0.05) is 54.6 Å². The van der Waals surface area contributed by atoms with Crippen LogP contribution in [0.3, 0.4) is 0 Å². The Balaban J connectivity index is 1.41. The molecule has 0 spiro atoms. The number of ether oxygens (including phenoxy) is 1. The van der Waals surface area contributed by atoms with Gasteiger partial charge in [-0.15, -0.1) is 0 Å². The molecule has 0 saturated carbocycles. The zero-order valence-electron chi connectivity index (χ0n) is 18.9. The van der Waals surface area contributed by atoms with Crippen molar-refractivity contribution in [3.63, 3.8) is 0 Å². The standard InChI is InChI=1S/C25H29N5O2/c1-4-11-30-24-17(15-26-30)7-9-21(27-24)18-6-5-12-29(16-18)25(31)23-14-19-13-20(32-3)8-10-22(19)28(23)2/h7-10,13-15,18H,4-6,11-12,16H2,1-3H3. The van der Waals surface area contributed by atoms with E-state index in [9.17, 15) is 4.79 Å². The van der Waals surface area contributed by atoms with Crippen molar-refractivity contribution in [3.05, 3.63) is 54.0 Å². The fraction of sp³-hybridized carbons (Fsp3) is 0.400. The molecule has 1 atom stereocenters. The van der Waals surface area contributed by atoms with Crippen LogP contribution >= 0.6 is 0 Å². The summed E-state index contributed by atoms with van der Waals surface area (Å²) in [5.74, 6) is 1.10. The largest absolute Gasteiger partial charge is 0.497 e. The van der Waals surface area contributed by atoms with Gasteiger partial charge in [0.1, 0.15) is 11.4 Å². The summed E-state index contributed by atoms with van der Waals surface area (Å²) in [5.41, 5.74) is 3.72. The van der Waals surface area contributed by atoms with Gasteiger partial charge in [0.15, 0.2) is 5.65 Å². The van der Waals surface area contributed by atoms with Gasteiger partial charge < -0.3 is 14.2 Å². The molecule has 1 saturated heterocycles. The minimum absolute atomic E-state index is 0.0736. The fourth-order valence-electron chi connectivity index (χ4n) is 4.80. The van der Waals surface area contributed by atoms with Crippen LogP contribution < -0.4 is 4.74 Å². The van der Waals surface area contributed by atoms with E-state index in [4.69, 9.17) is 9.72 Å². The predicted octanol–water partition coefficient (Wildman–Crippen LogP) is 4.36. The third-order valence-electron chi connectivity index (χ3n) is 6.54. The van der Waals surface area contributed by atoms with Gasteiger partial charge in [-0.05, 0) is 55.7 Å². The quantitative estimate of drug-likeness (QED) is 0.471. The maximum atomic E-state index is 13.5. The van der Waals surface area contributed by atoms with Crippen LogP contribution in [-0.4, -0.2) is 50.3 Å². The number of pyridine rings is 1. The van der Waals surface area contributed by atoms with Crippen molar-refractivity contribution in [3.8, 4) is 5.75 Å². The smallest absolute Gasteiger partial charge is 0.270 e. The topological polar surface area (TPSA) is 65.2 Å². The molecule has 1 aliphatic rings. The molecule has 3 aromatic heterocycles. The van der Waals surface area contributed by atoms with Crippen LogP contribution in [0.5, 0.6) is 5.75 Å². The van der Waals surface area contributed by atoms with E-state index in [2.05, 4.69) is 24.2 Å². The molecule has 1 aliphatic heterocycles. The molecule has 1 aromatic carbocycles. The molecule has 0 aliphatic carbocycles. The number of methoxy groups -OCH3 is 1. The molecule has 5 rings (SSSR count). The number of carbonyl (C=O) groups is 1. The summed E-state index contributed by atoms with van der Waals surface area (Å²) in [6.07, 6.45) is 4.91. The lowest BCUT2D eigenvalue weighted by molar-refractivity contribution is 0.0697. The van der Waals surface area contributed by atoms with Crippen LogP contribution in [0.4, 0.5) is 0 Å². The Labute approximate surface area is 187 Å². The summed E-state index contributed by atoms with van der Waals surface area (Å²) in [5, 5.41) is 6.56. The van der Waals surface area contributed by atoms with E-state index >= 15 is 0 Å². The molecular weight excluding hydrogens is 402 g/mol. The van der Waals surface area contributed by atoms with E-state index in [1.54, 1.807) is 7.11 Å². The van der Waals surface area contributed by atoms with Gasteiger partial charge in [-0.3, -0.25) is 4.79 Å². The second-order valence-corrected chi connectivity index (χ2v) is 8.62. The summed E-state index contributed by atoms with van der Waals surface area (Å²) < 4.78 is 9.30. The first-order valence-corrected chi connectivity index (χ1v) is 11.3. The van der Waals surface area contributed by atoms with Crippen molar-refractivity contribution in [2.45, 2.75) is 38.6 Å². The third kappa shape index (κ3) is 3.51. The minimum Gasteiger partial charge on any atom is -0.497 e. The number of nitrogens with zero attached hydrogens (tertiary/aromatic N) is 5. The molecule has 1 unspecified atom stereocenters. The van der Waals surface area contributed by atoms with Crippen molar-refractivity contribution in [1.82, 2.24) is 24.2 Å². The average Bonchev–Trinajstić information content (AvgIpc) is 3.39. The predicted molar refractivity (Wildman–Crippen MR) is 125 cm³/mol. The van der Waals surface area contributed by atoms with Crippen molar-refractivity contribution < 1.29 is 9.53 Å². The van der Waals surface area contributed by atoms with Crippen LogP contribution in [0.2, 0.25) is 0 Å². The summed E-state index contributed by atoms with van der Waals surface area (Å²) >= 11 is 0. The maximum absolute atomic E-state index is 13.5. The Morgan fingerprint density at radius 3 is 2.88 bits per heavy atom. The number of carbonyl (C=O) groups excluding carboxylic acids is 1. The third-order valence-corrected chi connectivity index (χ3v) is 6.54. The molecule has 4 aromatic rings. The van der Waals surface area contributed by atoms with E-state index in [-0.39, 0.29) is 11.8 Å². The Morgan fingerprint density at radius 1 is 1.19 bits per heavy atom. The van der Waals surface area contributed by atoms with Crippen LogP contribution in [0.1, 0.15) is 48.3 Å². The van der Waals surface area contributed by atoms with Gasteiger partial charge in [0.2, 0.25) is 0 Å². The molecule has 0 bridgehead atoms. The zero-order valence-corrected chi connectivity index (χ0v) is 18.9. The molecule has 166 valence electrons. The van der Waals surface area contributed by atoms with Crippen LogP contribution in [0.25, 0.3) is 21.9 Å². The summed E-state index contributed by atoms with van der Waals surface area (Å²) in [7, 11) is 3.61. The van der Waals surface area contributed by atoms with E-state index in [1.807, 2.05) is 51.7 Å². The molecule has 7 heteroatoms. The highest BCUT2D eigenvalue weighted by molar-refractivity contribution is 5.99. The first-order valence-electron chi connectivity index (χ1n) is 11.3. The minimum atomic E-state index is 0.0736. The molecule has 32 heavy (non-hydrogen) atoms. The van der Waals surface area contributed by atoms with Crippen molar-refractivity contribution in [2.24, 2.45) is 7.05 Å². The average molecular weight is 432 g/mol. The highest BCUT2D eigenvalue weighted by atomic mass is 16.5. The SMILES string of the molecule is CCCn1ncc2ccc(C3CCCN(C(=O)c4cc5cc(OC)ccc5n4C)C3)nc21. The van der Waals surface area contributed by atoms with Crippen molar-refractivity contribution in [2.75, 3.05) is 20.2 Å². The number of hydrogen-bond donors (Lipinski definition) is 0. The Hall–Kier alpha value is -3.35. The maximum Gasteiger partial charge on any atom is 0.270 e. The number of likely N-dealkylation sites (tertiary alicyclic amines) is 1. The van der Waals surface area contributed by atoms with Crippen molar-refractivity contribution >= 4 is 27.8 Å². The molecule has 4 heterocycles. The fourth-order valence-corrected chi connectivity index (χ4v) is 4.80. The Morgan fingerprint density at radius 2 is 2.06 bits per heavy atom. The highest BCUT2D eigenvalue weighted by Crippen LogP contribution is 2.30. The summed E-state index contributed by atoms with van der Waals surface area (Å²) in [6, 6.07) is 12.1. The molecule has 1 amide bonds. The van der Waals surface area contributed by atoms with Gasteiger partial charge in [-0.1, -0.05) is 6.92 Å². The van der Waals surface area contributed by atoms with Gasteiger partial charge in [0.05, 0.1) is 13.3 Å². The van der Waals surface area contributed by atoms with Crippen LogP contribution in [0, 0.1) is 0 Å². The lowest BCUT2D eigenvalue weighted by atomic mass is 9.94. The number of amides is 1. The second kappa shape index (κ2) is 8.30. The van der Waals surface area contributed by atoms with Gasteiger partial charge in [-0.2, -0.15) is 5.10 Å². The van der Waals surface area contributed by atoms with Crippen LogP contribution in [-0.2, 0) is 13.6 Å². The zero-order chi connectivity index (χ0) is 22.2. The van der Waals surface area contributed by atoms with Crippen LogP contribution in [0.15, 0.2) is 42.6 Å². The van der Waals surface area contributed by atoms with E-state index in [1.165, 1.54) is 0 Å². The molecule has 7 nitrogen and oxygen atoms in total. The number of piperidine rings is 1. The Bertz CT molecular complexity index is 1290. The molecule has 0 radical (unpaired) electrons. The van der Waals surface area contributed by atoms with E-state index in [0.717, 1.165) is 65.7 Å². The monoisotopic (exact) mass is 431 g/mol. The van der Waals surface area contributed by atoms with Gasteiger partial charge in [-0.25, -0.2) is 9.67 Å². The number of rotatable bonds is 5. The highest BCUT2D eigenvalue weighted by Gasteiger charge is 2.28. The normalized spacial score (nSPS) is 16.7. The van der Waals surface area contributed by atoms with Gasteiger partial charge >= 0.3 is 0 Å². The number of fused-ring (bicyclic) bond motifs is 2. The molecule has 0 N–H and O–H groups in total.